The van der Waals surface area contributed by atoms with Crippen LogP contribution >= 0.6 is 0 Å². The van der Waals surface area contributed by atoms with E-state index in [0.29, 0.717) is 6.04 Å². The molecule has 1 heterocycles. The van der Waals surface area contributed by atoms with Crippen molar-refractivity contribution in [1.82, 2.24) is 15.1 Å². The van der Waals surface area contributed by atoms with Crippen LogP contribution in [0.25, 0.3) is 0 Å². The normalized spacial score (nSPS) is 23.5. The van der Waals surface area contributed by atoms with E-state index < -0.39 is 0 Å². The molecule has 1 saturated heterocycles. The molecule has 1 aliphatic heterocycles. The van der Waals surface area contributed by atoms with Gasteiger partial charge in [0, 0.05) is 31.7 Å². The molecule has 2 rings (SSSR count). The highest BCUT2D eigenvalue weighted by Gasteiger charge is 2.30. The first kappa shape index (κ1) is 14.4. The summed E-state index contributed by atoms with van der Waals surface area (Å²) >= 11 is 0. The molecule has 0 spiro atoms. The van der Waals surface area contributed by atoms with Gasteiger partial charge in [-0.3, -0.25) is 4.90 Å². The van der Waals surface area contributed by atoms with Gasteiger partial charge in [-0.15, -0.1) is 0 Å². The third-order valence-corrected chi connectivity index (χ3v) is 4.16. The Bertz CT molecular complexity index is 435. The maximum Gasteiger partial charge on any atom is 0.123 e. The molecule has 0 aromatic heterocycles. The summed E-state index contributed by atoms with van der Waals surface area (Å²) in [6.07, 6.45) is 0. The lowest BCUT2D eigenvalue weighted by molar-refractivity contribution is 0.0895. The van der Waals surface area contributed by atoms with Crippen molar-refractivity contribution in [3.8, 4) is 0 Å². The van der Waals surface area contributed by atoms with Gasteiger partial charge >= 0.3 is 0 Å². The molecule has 1 aromatic carbocycles. The molecule has 1 aliphatic rings. The van der Waals surface area contributed by atoms with Crippen molar-refractivity contribution in [2.75, 3.05) is 40.8 Å². The highest BCUT2D eigenvalue weighted by Crippen LogP contribution is 2.26. The van der Waals surface area contributed by atoms with Crippen molar-refractivity contribution in [1.29, 1.82) is 0 Å². The molecule has 19 heavy (non-hydrogen) atoms. The summed E-state index contributed by atoms with van der Waals surface area (Å²) in [6, 6.07) is 5.72. The lowest BCUT2D eigenvalue weighted by atomic mass is 9.93. The molecule has 0 saturated carbocycles. The van der Waals surface area contributed by atoms with Gasteiger partial charge in [-0.2, -0.15) is 0 Å². The van der Waals surface area contributed by atoms with E-state index in [2.05, 4.69) is 29.2 Å². The fourth-order valence-corrected chi connectivity index (χ4v) is 2.95. The average molecular weight is 265 g/mol. The number of halogens is 1. The Balaban J connectivity index is 2.27. The molecule has 1 aromatic rings. The van der Waals surface area contributed by atoms with Crippen LogP contribution in [-0.2, 0) is 0 Å². The summed E-state index contributed by atoms with van der Waals surface area (Å²) in [5.41, 5.74) is 2.21. The molecule has 4 heteroatoms. The number of rotatable bonds is 3. The van der Waals surface area contributed by atoms with Gasteiger partial charge in [-0.05, 0) is 51.3 Å². The van der Waals surface area contributed by atoms with E-state index in [4.69, 9.17) is 0 Å². The molecule has 2 atom stereocenters. The highest BCUT2D eigenvalue weighted by molar-refractivity contribution is 5.31. The predicted molar refractivity (Wildman–Crippen MR) is 76.9 cm³/mol. The maximum absolute atomic E-state index is 13.3. The van der Waals surface area contributed by atoms with Crippen molar-refractivity contribution < 1.29 is 4.39 Å². The molecular formula is C15H24FN3. The minimum absolute atomic E-state index is 0.162. The Morgan fingerprint density at radius 2 is 2.05 bits per heavy atom. The molecule has 0 bridgehead atoms. The number of nitrogens with one attached hydrogen (secondary N) is 1. The fraction of sp³-hybridized carbons (Fsp3) is 0.600. The first-order valence-corrected chi connectivity index (χ1v) is 6.85. The van der Waals surface area contributed by atoms with E-state index in [1.54, 1.807) is 12.1 Å². The first-order valence-electron chi connectivity index (χ1n) is 6.85. The van der Waals surface area contributed by atoms with Crippen LogP contribution in [-0.4, -0.2) is 56.6 Å². The Hall–Kier alpha value is -0.970. The number of hydrogen-bond donors (Lipinski definition) is 1. The SMILES string of the molecule is CNC(c1ccc(F)cc1C)C1CN(C)CCN1C. The monoisotopic (exact) mass is 265 g/mol. The van der Waals surface area contributed by atoms with Crippen LogP contribution in [0.2, 0.25) is 0 Å². The summed E-state index contributed by atoms with van der Waals surface area (Å²) in [5, 5.41) is 3.41. The predicted octanol–water partition coefficient (Wildman–Crippen LogP) is 1.64. The zero-order chi connectivity index (χ0) is 14.0. The zero-order valence-electron chi connectivity index (χ0n) is 12.3. The largest absolute Gasteiger partial charge is 0.312 e. The molecule has 0 radical (unpaired) electrons. The van der Waals surface area contributed by atoms with Crippen LogP contribution in [0.5, 0.6) is 0 Å². The number of aryl methyl sites for hydroxylation is 1. The Kier molecular flexibility index (Phi) is 4.55. The number of benzene rings is 1. The Morgan fingerprint density at radius 1 is 1.32 bits per heavy atom. The minimum Gasteiger partial charge on any atom is -0.312 e. The third-order valence-electron chi connectivity index (χ3n) is 4.16. The fourth-order valence-electron chi connectivity index (χ4n) is 2.95. The summed E-state index contributed by atoms with van der Waals surface area (Å²) in [6.45, 7) is 5.18. The van der Waals surface area contributed by atoms with Crippen LogP contribution in [0, 0.1) is 12.7 Å². The topological polar surface area (TPSA) is 18.5 Å². The lowest BCUT2D eigenvalue weighted by Gasteiger charge is -2.42. The van der Waals surface area contributed by atoms with E-state index in [1.807, 2.05) is 20.0 Å². The summed E-state index contributed by atoms with van der Waals surface area (Å²) in [5.74, 6) is -0.162. The van der Waals surface area contributed by atoms with Crippen LogP contribution < -0.4 is 5.32 Å². The number of likely N-dealkylation sites (N-methyl/N-ethyl adjacent to an activating group) is 3. The van der Waals surface area contributed by atoms with Gasteiger partial charge in [0.1, 0.15) is 5.82 Å². The molecule has 2 unspecified atom stereocenters. The van der Waals surface area contributed by atoms with Gasteiger partial charge < -0.3 is 10.2 Å². The summed E-state index contributed by atoms with van der Waals surface area (Å²) < 4.78 is 13.3. The summed E-state index contributed by atoms with van der Waals surface area (Å²) in [4.78, 5) is 4.75. The van der Waals surface area contributed by atoms with Crippen molar-refractivity contribution in [2.45, 2.75) is 19.0 Å². The molecule has 1 N–H and O–H groups in total. The zero-order valence-corrected chi connectivity index (χ0v) is 12.3. The number of piperazine rings is 1. The lowest BCUT2D eigenvalue weighted by Crippen LogP contribution is -2.54. The second-order valence-corrected chi connectivity index (χ2v) is 5.58. The first-order chi connectivity index (χ1) is 9.02. The highest BCUT2D eigenvalue weighted by atomic mass is 19.1. The molecule has 3 nitrogen and oxygen atoms in total. The number of hydrogen-bond acceptors (Lipinski definition) is 3. The standard InChI is InChI=1S/C15H24FN3/c1-11-9-12(16)5-6-13(11)15(17-2)14-10-18(3)7-8-19(14)4/h5-6,9,14-15,17H,7-8,10H2,1-4H3. The van der Waals surface area contributed by atoms with E-state index in [1.165, 1.54) is 5.56 Å². The molecule has 0 aliphatic carbocycles. The second kappa shape index (κ2) is 5.99. The summed E-state index contributed by atoms with van der Waals surface area (Å²) in [7, 11) is 6.31. The van der Waals surface area contributed by atoms with Crippen LogP contribution in [0.4, 0.5) is 4.39 Å². The van der Waals surface area contributed by atoms with E-state index in [0.717, 1.165) is 25.2 Å². The minimum atomic E-state index is -0.162. The van der Waals surface area contributed by atoms with Gasteiger partial charge in [0.2, 0.25) is 0 Å². The van der Waals surface area contributed by atoms with Gasteiger partial charge in [0.25, 0.3) is 0 Å². The van der Waals surface area contributed by atoms with E-state index in [9.17, 15) is 4.39 Å². The van der Waals surface area contributed by atoms with Crippen molar-refractivity contribution in [3.05, 3.63) is 35.1 Å². The number of nitrogens with zero attached hydrogens (tertiary/aromatic N) is 2. The molecule has 106 valence electrons. The van der Waals surface area contributed by atoms with Crippen molar-refractivity contribution in [3.63, 3.8) is 0 Å². The average Bonchev–Trinajstić information content (AvgIpc) is 2.36. The maximum atomic E-state index is 13.3. The molecular weight excluding hydrogens is 241 g/mol. The van der Waals surface area contributed by atoms with Gasteiger partial charge in [-0.1, -0.05) is 6.07 Å². The van der Waals surface area contributed by atoms with E-state index >= 15 is 0 Å². The Labute approximate surface area is 115 Å². The van der Waals surface area contributed by atoms with Crippen LogP contribution in [0.1, 0.15) is 17.2 Å². The van der Waals surface area contributed by atoms with Crippen molar-refractivity contribution in [2.24, 2.45) is 0 Å². The molecule has 0 amide bonds. The van der Waals surface area contributed by atoms with Crippen molar-refractivity contribution >= 4 is 0 Å². The quantitative estimate of drug-likeness (QED) is 0.896. The molecule has 1 fully saturated rings. The Morgan fingerprint density at radius 3 is 2.68 bits per heavy atom. The van der Waals surface area contributed by atoms with Crippen LogP contribution in [0.15, 0.2) is 18.2 Å². The van der Waals surface area contributed by atoms with Gasteiger partial charge in [0.05, 0.1) is 0 Å². The van der Waals surface area contributed by atoms with Gasteiger partial charge in [-0.25, -0.2) is 4.39 Å². The van der Waals surface area contributed by atoms with Gasteiger partial charge in [0.15, 0.2) is 0 Å². The smallest absolute Gasteiger partial charge is 0.123 e. The second-order valence-electron chi connectivity index (χ2n) is 5.58. The van der Waals surface area contributed by atoms with Crippen LogP contribution in [0.3, 0.4) is 0 Å². The third kappa shape index (κ3) is 3.14. The van der Waals surface area contributed by atoms with E-state index in [-0.39, 0.29) is 11.9 Å².